The van der Waals surface area contributed by atoms with E-state index in [1.54, 1.807) is 31.5 Å². The van der Waals surface area contributed by atoms with Gasteiger partial charge in [-0.2, -0.15) is 5.10 Å². The van der Waals surface area contributed by atoms with Gasteiger partial charge in [0.2, 0.25) is 0 Å². The van der Waals surface area contributed by atoms with Crippen LogP contribution in [0.25, 0.3) is 11.4 Å². The number of hydrogen-bond acceptors (Lipinski definition) is 4. The van der Waals surface area contributed by atoms with Crippen molar-refractivity contribution in [2.75, 3.05) is 0 Å². The smallest absolute Gasteiger partial charge is 0.267 e. The fourth-order valence-electron chi connectivity index (χ4n) is 1.11. The molecule has 0 unspecified atom stereocenters. The van der Waals surface area contributed by atoms with Crippen LogP contribution in [0.5, 0.6) is 0 Å². The van der Waals surface area contributed by atoms with E-state index in [1.807, 2.05) is 0 Å². The molecule has 2 aromatic heterocycles. The van der Waals surface area contributed by atoms with E-state index in [1.165, 1.54) is 0 Å². The number of rotatable bonds is 1. The minimum absolute atomic E-state index is 0.276. The van der Waals surface area contributed by atoms with Crippen molar-refractivity contribution in [3.05, 3.63) is 40.6 Å². The Morgan fingerprint density at radius 2 is 2.00 bits per heavy atom. The maximum atomic E-state index is 11.4. The van der Waals surface area contributed by atoms with Gasteiger partial charge in [0.05, 0.1) is 11.3 Å². The standard InChI is InChI=1S/C9H8N4O/c1-6-5-7(9(14)13-12-6)8-10-3-2-4-11-8/h2-5H,1H3,(H,13,14). The molecule has 0 aromatic carbocycles. The van der Waals surface area contributed by atoms with Crippen molar-refractivity contribution in [3.63, 3.8) is 0 Å². The fourth-order valence-corrected chi connectivity index (χ4v) is 1.11. The van der Waals surface area contributed by atoms with Crippen LogP contribution in [0.2, 0.25) is 0 Å². The lowest BCUT2D eigenvalue weighted by Crippen LogP contribution is -2.12. The normalized spacial score (nSPS) is 10.1. The first-order valence-electron chi connectivity index (χ1n) is 4.11. The fraction of sp³-hybridized carbons (Fsp3) is 0.111. The Morgan fingerprint density at radius 1 is 1.29 bits per heavy atom. The van der Waals surface area contributed by atoms with Crippen LogP contribution < -0.4 is 5.56 Å². The van der Waals surface area contributed by atoms with Gasteiger partial charge in [0.1, 0.15) is 0 Å². The summed E-state index contributed by atoms with van der Waals surface area (Å²) < 4.78 is 0. The zero-order valence-electron chi connectivity index (χ0n) is 7.56. The molecule has 5 nitrogen and oxygen atoms in total. The first kappa shape index (κ1) is 8.55. The summed E-state index contributed by atoms with van der Waals surface area (Å²) in [6.45, 7) is 1.79. The van der Waals surface area contributed by atoms with Crippen molar-refractivity contribution in [2.45, 2.75) is 6.92 Å². The predicted octanol–water partition coefficient (Wildman–Crippen LogP) is 0.535. The Labute approximate surface area is 79.9 Å². The number of aromatic nitrogens is 4. The highest BCUT2D eigenvalue weighted by atomic mass is 16.1. The number of nitrogens with zero attached hydrogens (tertiary/aromatic N) is 3. The molecular weight excluding hydrogens is 180 g/mol. The molecule has 0 atom stereocenters. The largest absolute Gasteiger partial charge is 0.275 e. The average molecular weight is 188 g/mol. The van der Waals surface area contributed by atoms with Crippen LogP contribution >= 0.6 is 0 Å². The quantitative estimate of drug-likeness (QED) is 0.708. The van der Waals surface area contributed by atoms with E-state index < -0.39 is 0 Å². The molecular formula is C9H8N4O. The number of H-pyrrole nitrogens is 1. The minimum atomic E-state index is -0.276. The minimum Gasteiger partial charge on any atom is -0.267 e. The van der Waals surface area contributed by atoms with Crippen LogP contribution in [0.3, 0.4) is 0 Å². The maximum Gasteiger partial charge on any atom is 0.275 e. The summed E-state index contributed by atoms with van der Waals surface area (Å²) in [6.07, 6.45) is 3.19. The first-order valence-corrected chi connectivity index (χ1v) is 4.11. The summed E-state index contributed by atoms with van der Waals surface area (Å²) in [5.74, 6) is 0.416. The van der Waals surface area contributed by atoms with Gasteiger partial charge in [0.15, 0.2) is 5.82 Å². The van der Waals surface area contributed by atoms with Gasteiger partial charge in [-0.3, -0.25) is 4.79 Å². The monoisotopic (exact) mass is 188 g/mol. The lowest BCUT2D eigenvalue weighted by Gasteiger charge is -1.97. The third-order valence-electron chi connectivity index (χ3n) is 1.74. The van der Waals surface area contributed by atoms with Crippen LogP contribution in [0.1, 0.15) is 5.69 Å². The number of nitrogens with one attached hydrogen (secondary N) is 1. The molecule has 0 radical (unpaired) electrons. The zero-order valence-corrected chi connectivity index (χ0v) is 7.56. The van der Waals surface area contributed by atoms with Crippen molar-refractivity contribution in [3.8, 4) is 11.4 Å². The molecule has 0 aliphatic heterocycles. The zero-order chi connectivity index (χ0) is 9.97. The number of aromatic amines is 1. The van der Waals surface area contributed by atoms with Gasteiger partial charge in [-0.1, -0.05) is 0 Å². The maximum absolute atomic E-state index is 11.4. The second-order valence-corrected chi connectivity index (χ2v) is 2.82. The van der Waals surface area contributed by atoms with Gasteiger partial charge < -0.3 is 0 Å². The Bertz CT molecular complexity index is 492. The summed E-state index contributed by atoms with van der Waals surface area (Å²) in [5.41, 5.74) is 0.895. The molecule has 2 aromatic rings. The lowest BCUT2D eigenvalue weighted by atomic mass is 10.2. The topological polar surface area (TPSA) is 71.5 Å². The van der Waals surface area contributed by atoms with Gasteiger partial charge in [0, 0.05) is 12.4 Å². The molecule has 70 valence electrons. The van der Waals surface area contributed by atoms with Crippen LogP contribution in [-0.4, -0.2) is 20.2 Å². The van der Waals surface area contributed by atoms with E-state index in [0.717, 1.165) is 5.69 Å². The average Bonchev–Trinajstić information content (AvgIpc) is 2.23. The van der Waals surface area contributed by atoms with E-state index >= 15 is 0 Å². The number of hydrogen-bond donors (Lipinski definition) is 1. The van der Waals surface area contributed by atoms with Crippen LogP contribution in [0.15, 0.2) is 29.3 Å². The lowest BCUT2D eigenvalue weighted by molar-refractivity contribution is 0.943. The molecule has 0 saturated heterocycles. The van der Waals surface area contributed by atoms with Gasteiger partial charge in [-0.05, 0) is 19.1 Å². The highest BCUT2D eigenvalue weighted by molar-refractivity contribution is 5.52. The van der Waals surface area contributed by atoms with Gasteiger partial charge in [-0.15, -0.1) is 0 Å². The summed E-state index contributed by atoms with van der Waals surface area (Å²) in [6, 6.07) is 3.36. The Balaban J connectivity index is 2.63. The molecule has 2 heterocycles. The van der Waals surface area contributed by atoms with Crippen molar-refractivity contribution in [1.29, 1.82) is 0 Å². The van der Waals surface area contributed by atoms with Crippen LogP contribution in [0.4, 0.5) is 0 Å². The molecule has 2 rings (SSSR count). The van der Waals surface area contributed by atoms with E-state index in [0.29, 0.717) is 11.4 Å². The Kier molecular flexibility index (Phi) is 2.06. The molecule has 14 heavy (non-hydrogen) atoms. The summed E-state index contributed by atoms with van der Waals surface area (Å²) in [4.78, 5) is 19.4. The van der Waals surface area contributed by atoms with Crippen molar-refractivity contribution in [1.82, 2.24) is 20.2 Å². The van der Waals surface area contributed by atoms with Gasteiger partial charge >= 0.3 is 0 Å². The highest BCUT2D eigenvalue weighted by Gasteiger charge is 2.05. The number of aryl methyl sites for hydroxylation is 1. The van der Waals surface area contributed by atoms with Crippen molar-refractivity contribution in [2.24, 2.45) is 0 Å². The van der Waals surface area contributed by atoms with Gasteiger partial charge in [0.25, 0.3) is 5.56 Å². The third kappa shape index (κ3) is 1.52. The predicted molar refractivity (Wildman–Crippen MR) is 50.6 cm³/mol. The summed E-state index contributed by atoms with van der Waals surface area (Å²) in [5, 5.41) is 6.15. The van der Waals surface area contributed by atoms with E-state index in [9.17, 15) is 4.79 Å². The Morgan fingerprint density at radius 3 is 2.71 bits per heavy atom. The van der Waals surface area contributed by atoms with Crippen molar-refractivity contribution >= 4 is 0 Å². The molecule has 0 saturated carbocycles. The second kappa shape index (κ2) is 3.37. The second-order valence-electron chi connectivity index (χ2n) is 2.82. The molecule has 0 amide bonds. The van der Waals surface area contributed by atoms with Gasteiger partial charge in [-0.25, -0.2) is 15.1 Å². The molecule has 0 spiro atoms. The van der Waals surface area contributed by atoms with Crippen LogP contribution in [0, 0.1) is 6.92 Å². The van der Waals surface area contributed by atoms with E-state index in [2.05, 4.69) is 20.2 Å². The highest BCUT2D eigenvalue weighted by Crippen LogP contribution is 2.07. The molecule has 5 heteroatoms. The third-order valence-corrected chi connectivity index (χ3v) is 1.74. The molecule has 1 N–H and O–H groups in total. The summed E-state index contributed by atoms with van der Waals surface area (Å²) >= 11 is 0. The van der Waals surface area contributed by atoms with Crippen molar-refractivity contribution < 1.29 is 0 Å². The van der Waals surface area contributed by atoms with E-state index in [4.69, 9.17) is 0 Å². The first-order chi connectivity index (χ1) is 6.77. The molecule has 0 aliphatic carbocycles. The van der Waals surface area contributed by atoms with E-state index in [-0.39, 0.29) is 5.56 Å². The molecule has 0 aliphatic rings. The summed E-state index contributed by atoms with van der Waals surface area (Å²) in [7, 11) is 0. The molecule has 0 fully saturated rings. The SMILES string of the molecule is Cc1cc(-c2ncccn2)c(=O)[nH]n1. The molecule has 0 bridgehead atoms. The van der Waals surface area contributed by atoms with Crippen LogP contribution in [-0.2, 0) is 0 Å². The Hall–Kier alpha value is -2.04.